The lowest BCUT2D eigenvalue weighted by atomic mass is 10.3. The van der Waals surface area contributed by atoms with Crippen LogP contribution >= 0.6 is 0 Å². The van der Waals surface area contributed by atoms with E-state index < -0.39 is 0 Å². The van der Waals surface area contributed by atoms with Gasteiger partial charge in [0.1, 0.15) is 5.65 Å². The number of fused-ring (bicyclic) bond motifs is 1. The molecule has 0 amide bonds. The first-order chi connectivity index (χ1) is 6.15. The van der Waals surface area contributed by atoms with E-state index in [0.29, 0.717) is 5.69 Å². The van der Waals surface area contributed by atoms with E-state index in [-0.39, 0.29) is 0 Å². The van der Waals surface area contributed by atoms with E-state index in [1.165, 1.54) is 0 Å². The Kier molecular flexibility index (Phi) is 1.52. The summed E-state index contributed by atoms with van der Waals surface area (Å²) in [7, 11) is 3.75. The van der Waals surface area contributed by atoms with Gasteiger partial charge in [-0.05, 0) is 13.0 Å². The molecule has 0 aliphatic heterocycles. The van der Waals surface area contributed by atoms with Crippen LogP contribution in [0.25, 0.3) is 11.0 Å². The summed E-state index contributed by atoms with van der Waals surface area (Å²) in [5.74, 6) is 0. The predicted molar refractivity (Wildman–Crippen MR) is 49.8 cm³/mol. The molecular formula is C9H11N3O. The lowest BCUT2D eigenvalue weighted by Crippen LogP contribution is -2.00. The van der Waals surface area contributed by atoms with Crippen LogP contribution in [-0.2, 0) is 14.1 Å². The van der Waals surface area contributed by atoms with Crippen LogP contribution in [0.1, 0.15) is 16.2 Å². The van der Waals surface area contributed by atoms with Crippen molar-refractivity contribution in [3.05, 3.63) is 17.5 Å². The monoisotopic (exact) mass is 177 g/mol. The molecule has 0 aromatic carbocycles. The Balaban J connectivity index is 2.93. The maximum Gasteiger partial charge on any atom is 0.166 e. The quantitative estimate of drug-likeness (QED) is 0.610. The molecule has 2 heterocycles. The van der Waals surface area contributed by atoms with E-state index in [1.54, 1.807) is 4.68 Å². The Hall–Kier alpha value is -1.58. The minimum atomic E-state index is 0.686. The van der Waals surface area contributed by atoms with E-state index in [4.69, 9.17) is 0 Å². The molecule has 0 saturated carbocycles. The SMILES string of the molecule is Cc1nn(C)c2c1cc(C=O)n2C. The van der Waals surface area contributed by atoms with Gasteiger partial charge < -0.3 is 4.57 Å². The van der Waals surface area contributed by atoms with E-state index in [2.05, 4.69) is 5.10 Å². The number of nitrogens with zero attached hydrogens (tertiary/aromatic N) is 3. The first-order valence-corrected chi connectivity index (χ1v) is 4.09. The van der Waals surface area contributed by atoms with Gasteiger partial charge in [-0.2, -0.15) is 5.10 Å². The molecule has 0 unspecified atom stereocenters. The second kappa shape index (κ2) is 2.45. The Morgan fingerprint density at radius 3 is 2.69 bits per heavy atom. The molecule has 2 rings (SSSR count). The number of carbonyl (C=O) groups is 1. The van der Waals surface area contributed by atoms with E-state index >= 15 is 0 Å². The minimum absolute atomic E-state index is 0.686. The number of rotatable bonds is 1. The highest BCUT2D eigenvalue weighted by atomic mass is 16.1. The summed E-state index contributed by atoms with van der Waals surface area (Å²) >= 11 is 0. The van der Waals surface area contributed by atoms with Crippen LogP contribution < -0.4 is 0 Å². The summed E-state index contributed by atoms with van der Waals surface area (Å²) in [6, 6.07) is 1.87. The Morgan fingerprint density at radius 1 is 1.46 bits per heavy atom. The molecular weight excluding hydrogens is 166 g/mol. The fourth-order valence-corrected chi connectivity index (χ4v) is 1.71. The van der Waals surface area contributed by atoms with E-state index in [1.807, 2.05) is 31.7 Å². The smallest absolute Gasteiger partial charge is 0.166 e. The van der Waals surface area contributed by atoms with Crippen LogP contribution in [0.2, 0.25) is 0 Å². The second-order valence-electron chi connectivity index (χ2n) is 3.19. The van der Waals surface area contributed by atoms with Gasteiger partial charge in [0.15, 0.2) is 6.29 Å². The zero-order chi connectivity index (χ0) is 9.59. The van der Waals surface area contributed by atoms with E-state index in [9.17, 15) is 4.79 Å². The molecule has 68 valence electrons. The standard InChI is InChI=1S/C9H11N3O/c1-6-8-4-7(5-13)11(2)9(8)12(3)10-6/h4-5H,1-3H3. The van der Waals surface area contributed by atoms with Crippen LogP contribution in [0.5, 0.6) is 0 Å². The van der Waals surface area contributed by atoms with Gasteiger partial charge in [-0.15, -0.1) is 0 Å². The van der Waals surface area contributed by atoms with Crippen molar-refractivity contribution in [2.24, 2.45) is 14.1 Å². The summed E-state index contributed by atoms with van der Waals surface area (Å²) < 4.78 is 3.64. The summed E-state index contributed by atoms with van der Waals surface area (Å²) in [6.07, 6.45) is 0.861. The maximum absolute atomic E-state index is 10.7. The Labute approximate surface area is 75.8 Å². The maximum atomic E-state index is 10.7. The lowest BCUT2D eigenvalue weighted by Gasteiger charge is -1.97. The third-order valence-corrected chi connectivity index (χ3v) is 2.36. The van der Waals surface area contributed by atoms with Gasteiger partial charge in [0, 0.05) is 19.5 Å². The van der Waals surface area contributed by atoms with Gasteiger partial charge in [0.2, 0.25) is 0 Å². The van der Waals surface area contributed by atoms with Gasteiger partial charge in [-0.1, -0.05) is 0 Å². The van der Waals surface area contributed by atoms with Crippen molar-refractivity contribution in [1.82, 2.24) is 14.3 Å². The first-order valence-electron chi connectivity index (χ1n) is 4.09. The molecule has 0 aliphatic rings. The molecule has 0 aliphatic carbocycles. The summed E-state index contributed by atoms with van der Waals surface area (Å²) in [6.45, 7) is 1.94. The fraction of sp³-hybridized carbons (Fsp3) is 0.333. The van der Waals surface area contributed by atoms with Crippen molar-refractivity contribution in [1.29, 1.82) is 0 Å². The largest absolute Gasteiger partial charge is 0.326 e. The predicted octanol–water partition coefficient (Wildman–Crippen LogP) is 1.03. The van der Waals surface area contributed by atoms with Crippen molar-refractivity contribution in [3.63, 3.8) is 0 Å². The van der Waals surface area contributed by atoms with Gasteiger partial charge in [-0.25, -0.2) is 0 Å². The third-order valence-electron chi connectivity index (χ3n) is 2.36. The number of hydrogen-bond donors (Lipinski definition) is 0. The lowest BCUT2D eigenvalue weighted by molar-refractivity contribution is 0.111. The zero-order valence-corrected chi connectivity index (χ0v) is 7.90. The Morgan fingerprint density at radius 2 is 2.15 bits per heavy atom. The summed E-state index contributed by atoms with van der Waals surface area (Å²) in [5.41, 5.74) is 2.63. The number of hydrogen-bond acceptors (Lipinski definition) is 2. The van der Waals surface area contributed by atoms with Gasteiger partial charge >= 0.3 is 0 Å². The van der Waals surface area contributed by atoms with Crippen LogP contribution in [0.4, 0.5) is 0 Å². The van der Waals surface area contributed by atoms with Crippen molar-refractivity contribution in [3.8, 4) is 0 Å². The number of carbonyl (C=O) groups excluding carboxylic acids is 1. The van der Waals surface area contributed by atoms with E-state index in [0.717, 1.165) is 23.0 Å². The molecule has 0 radical (unpaired) electrons. The van der Waals surface area contributed by atoms with Gasteiger partial charge in [0.25, 0.3) is 0 Å². The average Bonchev–Trinajstić information content (AvgIpc) is 2.54. The number of aldehydes is 1. The summed E-state index contributed by atoms with van der Waals surface area (Å²) in [5, 5.41) is 5.31. The number of aromatic nitrogens is 3. The highest BCUT2D eigenvalue weighted by Gasteiger charge is 2.11. The van der Waals surface area contributed by atoms with Crippen molar-refractivity contribution < 1.29 is 4.79 Å². The molecule has 4 heteroatoms. The molecule has 2 aromatic heterocycles. The molecule has 2 aromatic rings. The fourth-order valence-electron chi connectivity index (χ4n) is 1.71. The van der Waals surface area contributed by atoms with Crippen LogP contribution in [-0.4, -0.2) is 20.6 Å². The molecule has 0 spiro atoms. The molecule has 0 N–H and O–H groups in total. The molecule has 0 atom stereocenters. The van der Waals surface area contributed by atoms with Crippen LogP contribution in [0, 0.1) is 6.92 Å². The number of aryl methyl sites for hydroxylation is 3. The molecule has 0 bridgehead atoms. The van der Waals surface area contributed by atoms with Crippen LogP contribution in [0.15, 0.2) is 6.07 Å². The van der Waals surface area contributed by atoms with Crippen molar-refractivity contribution in [2.75, 3.05) is 0 Å². The highest BCUT2D eigenvalue weighted by Crippen LogP contribution is 2.19. The molecule has 0 saturated heterocycles. The van der Waals surface area contributed by atoms with Gasteiger partial charge in [-0.3, -0.25) is 9.48 Å². The summed E-state index contributed by atoms with van der Waals surface area (Å²) in [4.78, 5) is 10.7. The first kappa shape index (κ1) is 8.04. The van der Waals surface area contributed by atoms with Crippen molar-refractivity contribution in [2.45, 2.75) is 6.92 Å². The van der Waals surface area contributed by atoms with Gasteiger partial charge in [0.05, 0.1) is 11.4 Å². The molecule has 0 fully saturated rings. The zero-order valence-electron chi connectivity index (χ0n) is 7.90. The van der Waals surface area contributed by atoms with Crippen LogP contribution in [0.3, 0.4) is 0 Å². The average molecular weight is 177 g/mol. The molecule has 4 nitrogen and oxygen atoms in total. The Bertz CT molecular complexity index is 478. The third kappa shape index (κ3) is 0.915. The normalized spacial score (nSPS) is 11.0. The highest BCUT2D eigenvalue weighted by molar-refractivity contribution is 5.88. The second-order valence-corrected chi connectivity index (χ2v) is 3.19. The molecule has 13 heavy (non-hydrogen) atoms. The topological polar surface area (TPSA) is 39.8 Å². The minimum Gasteiger partial charge on any atom is -0.326 e. The van der Waals surface area contributed by atoms with Crippen molar-refractivity contribution >= 4 is 17.3 Å².